The lowest BCUT2D eigenvalue weighted by molar-refractivity contribution is -0.395. The quantitative estimate of drug-likeness (QED) is 0.579. The Labute approximate surface area is 161 Å². The Morgan fingerprint density at radius 1 is 0.964 bits per heavy atom. The zero-order valence-electron chi connectivity index (χ0n) is 15.4. The second kappa shape index (κ2) is 8.13. The van der Waals surface area contributed by atoms with Crippen LogP contribution in [0.4, 0.5) is 11.4 Å². The highest BCUT2D eigenvalue weighted by Gasteiger charge is 2.28. The number of hydrogen-bond donors (Lipinski definition) is 0. The van der Waals surface area contributed by atoms with Crippen molar-refractivity contribution in [1.29, 1.82) is 0 Å². The Hall–Kier alpha value is -3.33. The topological polar surface area (TPSA) is 110 Å². The molecule has 0 unspecified atom stereocenters. The largest absolute Gasteiger partial charge is 0.336 e. The number of amides is 1. The minimum absolute atomic E-state index is 0.0273. The summed E-state index contributed by atoms with van der Waals surface area (Å²) >= 11 is 0. The maximum atomic E-state index is 12.8. The van der Waals surface area contributed by atoms with Crippen LogP contribution in [0.15, 0.2) is 42.5 Å². The highest BCUT2D eigenvalue weighted by atomic mass is 16.6. The summed E-state index contributed by atoms with van der Waals surface area (Å²) in [6.07, 6.45) is 0. The second-order valence-corrected chi connectivity index (χ2v) is 6.71. The standard InChI is InChI=1S/C19H20N4O5/c1-14-17(22(25)26)11-16(12-18(14)23(27)28)19(24)21-9-7-20(8-10-21)13-15-5-3-2-4-6-15/h2-6,11-12H,7-10,13H2,1H3. The molecule has 28 heavy (non-hydrogen) atoms. The van der Waals surface area contributed by atoms with E-state index in [-0.39, 0.29) is 11.1 Å². The molecule has 1 amide bonds. The number of nitro benzene ring substituents is 2. The summed E-state index contributed by atoms with van der Waals surface area (Å²) in [5.74, 6) is -0.425. The first-order valence-corrected chi connectivity index (χ1v) is 8.86. The van der Waals surface area contributed by atoms with Crippen molar-refractivity contribution in [2.24, 2.45) is 0 Å². The van der Waals surface area contributed by atoms with Crippen LogP contribution in [0.25, 0.3) is 0 Å². The van der Waals surface area contributed by atoms with E-state index in [1.54, 1.807) is 4.90 Å². The monoisotopic (exact) mass is 384 g/mol. The molecule has 9 nitrogen and oxygen atoms in total. The number of carbonyl (C=O) groups is 1. The van der Waals surface area contributed by atoms with Gasteiger partial charge in [-0.05, 0) is 12.5 Å². The van der Waals surface area contributed by atoms with E-state index in [0.717, 1.165) is 18.7 Å². The predicted molar refractivity (Wildman–Crippen MR) is 102 cm³/mol. The molecule has 0 saturated carbocycles. The van der Waals surface area contributed by atoms with E-state index in [9.17, 15) is 25.0 Å². The molecule has 0 N–H and O–H groups in total. The van der Waals surface area contributed by atoms with Crippen LogP contribution >= 0.6 is 0 Å². The Kier molecular flexibility index (Phi) is 5.65. The first kappa shape index (κ1) is 19.4. The minimum atomic E-state index is -0.698. The Bertz CT molecular complexity index is 873. The number of hydrogen-bond acceptors (Lipinski definition) is 6. The third kappa shape index (κ3) is 4.15. The number of nitro groups is 2. The summed E-state index contributed by atoms with van der Waals surface area (Å²) in [6, 6.07) is 12.3. The Morgan fingerprint density at radius 3 is 2.00 bits per heavy atom. The lowest BCUT2D eigenvalue weighted by Gasteiger charge is -2.34. The molecule has 1 aliphatic heterocycles. The second-order valence-electron chi connectivity index (χ2n) is 6.71. The van der Waals surface area contributed by atoms with E-state index in [4.69, 9.17) is 0 Å². The summed E-state index contributed by atoms with van der Waals surface area (Å²) in [5, 5.41) is 22.4. The van der Waals surface area contributed by atoms with Gasteiger partial charge in [-0.2, -0.15) is 0 Å². The van der Waals surface area contributed by atoms with Gasteiger partial charge in [0.1, 0.15) is 5.56 Å². The molecule has 1 aliphatic rings. The van der Waals surface area contributed by atoms with Crippen LogP contribution in [-0.2, 0) is 6.54 Å². The van der Waals surface area contributed by atoms with Crippen LogP contribution in [0, 0.1) is 27.2 Å². The fourth-order valence-electron chi connectivity index (χ4n) is 3.32. The SMILES string of the molecule is Cc1c([N+](=O)[O-])cc(C(=O)N2CCN(Cc3ccccc3)CC2)cc1[N+](=O)[O-]. The first-order chi connectivity index (χ1) is 13.4. The van der Waals surface area contributed by atoms with E-state index in [2.05, 4.69) is 4.90 Å². The van der Waals surface area contributed by atoms with Gasteiger partial charge in [-0.25, -0.2) is 0 Å². The third-order valence-corrected chi connectivity index (χ3v) is 4.90. The molecule has 0 atom stereocenters. The van der Waals surface area contributed by atoms with Crippen LogP contribution in [0.5, 0.6) is 0 Å². The molecule has 1 saturated heterocycles. The molecule has 2 aromatic carbocycles. The fourth-order valence-corrected chi connectivity index (χ4v) is 3.32. The van der Waals surface area contributed by atoms with E-state index in [1.165, 1.54) is 12.5 Å². The van der Waals surface area contributed by atoms with Gasteiger partial charge in [0.25, 0.3) is 17.3 Å². The molecule has 0 spiro atoms. The van der Waals surface area contributed by atoms with Crippen molar-refractivity contribution in [2.45, 2.75) is 13.5 Å². The van der Waals surface area contributed by atoms with Gasteiger partial charge in [0, 0.05) is 44.9 Å². The average Bonchev–Trinajstić information content (AvgIpc) is 2.68. The van der Waals surface area contributed by atoms with Gasteiger partial charge in [-0.1, -0.05) is 30.3 Å². The molecule has 0 bridgehead atoms. The number of piperazine rings is 1. The van der Waals surface area contributed by atoms with E-state index < -0.39 is 27.1 Å². The van der Waals surface area contributed by atoms with Gasteiger partial charge in [0.2, 0.25) is 0 Å². The summed E-state index contributed by atoms with van der Waals surface area (Å²) < 4.78 is 0. The lowest BCUT2D eigenvalue weighted by atomic mass is 10.1. The Balaban J connectivity index is 1.73. The zero-order chi connectivity index (χ0) is 20.3. The van der Waals surface area contributed by atoms with Crippen molar-refractivity contribution in [3.05, 3.63) is 79.4 Å². The summed E-state index contributed by atoms with van der Waals surface area (Å²) in [6.45, 7) is 4.34. The number of carbonyl (C=O) groups excluding carboxylic acids is 1. The van der Waals surface area contributed by atoms with Crippen LogP contribution in [0.2, 0.25) is 0 Å². The molecule has 9 heteroatoms. The minimum Gasteiger partial charge on any atom is -0.336 e. The molecule has 1 fully saturated rings. The molecule has 3 rings (SSSR count). The van der Waals surface area contributed by atoms with Crippen LogP contribution < -0.4 is 0 Å². The molecule has 0 aromatic heterocycles. The highest BCUT2D eigenvalue weighted by Crippen LogP contribution is 2.30. The van der Waals surface area contributed by atoms with Crippen LogP contribution in [0.1, 0.15) is 21.5 Å². The van der Waals surface area contributed by atoms with Gasteiger partial charge in [-0.3, -0.25) is 29.9 Å². The summed E-state index contributed by atoms with van der Waals surface area (Å²) in [5.41, 5.74) is 0.271. The van der Waals surface area contributed by atoms with E-state index >= 15 is 0 Å². The van der Waals surface area contributed by atoms with Gasteiger partial charge < -0.3 is 4.90 Å². The van der Waals surface area contributed by atoms with Crippen LogP contribution in [0.3, 0.4) is 0 Å². The average molecular weight is 384 g/mol. The molecule has 1 heterocycles. The van der Waals surface area contributed by atoms with Crippen molar-refractivity contribution >= 4 is 17.3 Å². The van der Waals surface area contributed by atoms with E-state index in [0.29, 0.717) is 26.2 Å². The number of rotatable bonds is 5. The van der Waals surface area contributed by atoms with Crippen molar-refractivity contribution in [3.8, 4) is 0 Å². The van der Waals surface area contributed by atoms with Crippen molar-refractivity contribution in [1.82, 2.24) is 9.80 Å². The molecule has 2 aromatic rings. The molecular formula is C19H20N4O5. The number of nitrogens with zero attached hydrogens (tertiary/aromatic N) is 4. The Morgan fingerprint density at radius 2 is 1.50 bits per heavy atom. The fraction of sp³-hybridized carbons (Fsp3) is 0.316. The van der Waals surface area contributed by atoms with Crippen LogP contribution in [-0.4, -0.2) is 51.7 Å². The van der Waals surface area contributed by atoms with Gasteiger partial charge in [0.05, 0.1) is 15.4 Å². The third-order valence-electron chi connectivity index (χ3n) is 4.90. The van der Waals surface area contributed by atoms with Gasteiger partial charge in [-0.15, -0.1) is 0 Å². The maximum Gasteiger partial charge on any atom is 0.279 e. The van der Waals surface area contributed by atoms with Gasteiger partial charge in [0.15, 0.2) is 0 Å². The van der Waals surface area contributed by atoms with Crippen molar-refractivity contribution in [3.63, 3.8) is 0 Å². The number of benzene rings is 2. The van der Waals surface area contributed by atoms with E-state index in [1.807, 2.05) is 30.3 Å². The van der Waals surface area contributed by atoms with Gasteiger partial charge >= 0.3 is 0 Å². The lowest BCUT2D eigenvalue weighted by Crippen LogP contribution is -2.48. The summed E-state index contributed by atoms with van der Waals surface area (Å²) in [4.78, 5) is 37.6. The predicted octanol–water partition coefficient (Wildman–Crippen LogP) is 2.77. The maximum absolute atomic E-state index is 12.8. The molecule has 0 radical (unpaired) electrons. The highest BCUT2D eigenvalue weighted by molar-refractivity contribution is 5.96. The molecule has 0 aliphatic carbocycles. The molecule has 146 valence electrons. The normalized spacial score (nSPS) is 14.7. The molecular weight excluding hydrogens is 364 g/mol. The van der Waals surface area contributed by atoms with Crippen molar-refractivity contribution in [2.75, 3.05) is 26.2 Å². The zero-order valence-corrected chi connectivity index (χ0v) is 15.4. The first-order valence-electron chi connectivity index (χ1n) is 8.86. The van der Waals surface area contributed by atoms with Crippen molar-refractivity contribution < 1.29 is 14.6 Å². The smallest absolute Gasteiger partial charge is 0.279 e. The summed E-state index contributed by atoms with van der Waals surface area (Å²) in [7, 11) is 0.